The van der Waals surface area contributed by atoms with Crippen molar-refractivity contribution in [3.8, 4) is 0 Å². The summed E-state index contributed by atoms with van der Waals surface area (Å²) in [7, 11) is -3.05. The molecule has 0 spiro atoms. The van der Waals surface area contributed by atoms with E-state index >= 15 is 0 Å². The lowest BCUT2D eigenvalue weighted by Crippen LogP contribution is -2.26. The Balaban J connectivity index is 1.94. The molecule has 0 bridgehead atoms. The SMILES string of the molecule is O=S(=O)(NCc1c[c]ccc1)C1CC1. The molecule has 1 fully saturated rings. The van der Waals surface area contributed by atoms with Crippen molar-refractivity contribution >= 4 is 10.0 Å². The summed E-state index contributed by atoms with van der Waals surface area (Å²) in [5.74, 6) is 0. The van der Waals surface area contributed by atoms with Crippen LogP contribution < -0.4 is 4.72 Å². The van der Waals surface area contributed by atoms with Crippen LogP contribution in [0.25, 0.3) is 0 Å². The average molecular weight is 210 g/mol. The third-order valence-electron chi connectivity index (χ3n) is 2.21. The van der Waals surface area contributed by atoms with Gasteiger partial charge in [0.05, 0.1) is 5.25 Å². The van der Waals surface area contributed by atoms with Gasteiger partial charge in [-0.3, -0.25) is 0 Å². The van der Waals surface area contributed by atoms with Gasteiger partial charge in [-0.15, -0.1) is 0 Å². The molecule has 1 aromatic carbocycles. The van der Waals surface area contributed by atoms with E-state index in [1.807, 2.05) is 12.1 Å². The van der Waals surface area contributed by atoms with E-state index < -0.39 is 10.0 Å². The van der Waals surface area contributed by atoms with Gasteiger partial charge in [0.15, 0.2) is 0 Å². The molecule has 1 aliphatic rings. The first-order chi connectivity index (χ1) is 6.68. The second kappa shape index (κ2) is 3.71. The lowest BCUT2D eigenvalue weighted by molar-refractivity contribution is 0.580. The lowest BCUT2D eigenvalue weighted by Gasteiger charge is -2.04. The Kier molecular flexibility index (Phi) is 2.56. The van der Waals surface area contributed by atoms with Crippen molar-refractivity contribution < 1.29 is 8.42 Å². The number of rotatable bonds is 4. The summed E-state index contributed by atoms with van der Waals surface area (Å²) in [5, 5.41) is -0.143. The van der Waals surface area contributed by atoms with Crippen LogP contribution in [0.15, 0.2) is 24.3 Å². The molecule has 0 aliphatic heterocycles. The minimum Gasteiger partial charge on any atom is -0.212 e. The fourth-order valence-electron chi connectivity index (χ4n) is 1.22. The Labute approximate surface area is 84.2 Å². The van der Waals surface area contributed by atoms with E-state index in [1.165, 1.54) is 0 Å². The maximum atomic E-state index is 11.4. The summed E-state index contributed by atoms with van der Waals surface area (Å²) in [4.78, 5) is 0. The molecular weight excluding hydrogens is 198 g/mol. The van der Waals surface area contributed by atoms with E-state index in [4.69, 9.17) is 0 Å². The molecule has 14 heavy (non-hydrogen) atoms. The molecule has 0 saturated heterocycles. The van der Waals surface area contributed by atoms with Gasteiger partial charge in [0.2, 0.25) is 10.0 Å². The molecule has 0 aromatic heterocycles. The van der Waals surface area contributed by atoms with Crippen LogP contribution in [0, 0.1) is 6.07 Å². The number of nitrogens with one attached hydrogen (secondary N) is 1. The molecule has 0 heterocycles. The highest BCUT2D eigenvalue weighted by molar-refractivity contribution is 7.90. The molecule has 1 N–H and O–H groups in total. The van der Waals surface area contributed by atoms with Crippen LogP contribution in [0.2, 0.25) is 0 Å². The third kappa shape index (κ3) is 2.33. The van der Waals surface area contributed by atoms with Gasteiger partial charge in [0, 0.05) is 6.54 Å². The van der Waals surface area contributed by atoms with E-state index in [1.54, 1.807) is 12.1 Å². The van der Waals surface area contributed by atoms with Gasteiger partial charge in [-0.25, -0.2) is 13.1 Å². The number of benzene rings is 1. The van der Waals surface area contributed by atoms with E-state index in [0.717, 1.165) is 18.4 Å². The van der Waals surface area contributed by atoms with Crippen molar-refractivity contribution in [1.29, 1.82) is 0 Å². The second-order valence-corrected chi connectivity index (χ2v) is 5.52. The summed E-state index contributed by atoms with van der Waals surface area (Å²) >= 11 is 0. The Hall–Kier alpha value is -0.870. The van der Waals surface area contributed by atoms with Crippen molar-refractivity contribution in [2.75, 3.05) is 0 Å². The number of sulfonamides is 1. The van der Waals surface area contributed by atoms with Gasteiger partial charge in [-0.05, 0) is 30.5 Å². The molecule has 1 saturated carbocycles. The fourth-order valence-corrected chi connectivity index (χ4v) is 2.58. The van der Waals surface area contributed by atoms with Gasteiger partial charge < -0.3 is 0 Å². The topological polar surface area (TPSA) is 46.2 Å². The predicted molar refractivity (Wildman–Crippen MR) is 54.1 cm³/mol. The van der Waals surface area contributed by atoms with E-state index in [0.29, 0.717) is 6.54 Å². The zero-order valence-corrected chi connectivity index (χ0v) is 8.55. The first-order valence-electron chi connectivity index (χ1n) is 4.62. The molecule has 1 radical (unpaired) electrons. The van der Waals surface area contributed by atoms with Crippen molar-refractivity contribution in [1.82, 2.24) is 4.72 Å². The Morgan fingerprint density at radius 3 is 2.86 bits per heavy atom. The van der Waals surface area contributed by atoms with Crippen LogP contribution in [0.4, 0.5) is 0 Å². The highest BCUT2D eigenvalue weighted by Gasteiger charge is 2.35. The minimum atomic E-state index is -3.05. The van der Waals surface area contributed by atoms with E-state index in [9.17, 15) is 8.42 Å². The maximum Gasteiger partial charge on any atom is 0.214 e. The van der Waals surface area contributed by atoms with Gasteiger partial charge in [0.1, 0.15) is 0 Å². The van der Waals surface area contributed by atoms with E-state index in [2.05, 4.69) is 10.8 Å². The summed E-state index contributed by atoms with van der Waals surface area (Å²) in [6, 6.07) is 10.2. The van der Waals surface area contributed by atoms with Crippen LogP contribution in [0.3, 0.4) is 0 Å². The van der Waals surface area contributed by atoms with Gasteiger partial charge in [-0.1, -0.05) is 18.2 Å². The van der Waals surface area contributed by atoms with Gasteiger partial charge in [-0.2, -0.15) is 0 Å². The third-order valence-corrected chi connectivity index (χ3v) is 4.11. The largest absolute Gasteiger partial charge is 0.214 e. The van der Waals surface area contributed by atoms with E-state index in [-0.39, 0.29) is 5.25 Å². The number of hydrogen-bond donors (Lipinski definition) is 1. The fraction of sp³-hybridized carbons (Fsp3) is 0.400. The standard InChI is InChI=1S/C10H12NO2S/c12-14(13,10-6-7-10)11-8-9-4-2-1-3-5-9/h1-2,4-5,10-11H,6-8H2. The van der Waals surface area contributed by atoms with Crippen molar-refractivity contribution in [3.05, 3.63) is 35.9 Å². The predicted octanol–water partition coefficient (Wildman–Crippen LogP) is 1.07. The first-order valence-corrected chi connectivity index (χ1v) is 6.16. The molecule has 0 amide bonds. The molecule has 0 unspecified atom stereocenters. The molecule has 4 heteroatoms. The van der Waals surface area contributed by atoms with Crippen molar-refractivity contribution in [2.24, 2.45) is 0 Å². The first kappa shape index (κ1) is 9.68. The molecular formula is C10H12NO2S. The summed E-state index contributed by atoms with van der Waals surface area (Å²) in [5.41, 5.74) is 0.941. The van der Waals surface area contributed by atoms with Crippen molar-refractivity contribution in [2.45, 2.75) is 24.6 Å². The summed E-state index contributed by atoms with van der Waals surface area (Å²) in [6.45, 7) is 0.371. The van der Waals surface area contributed by atoms with Gasteiger partial charge >= 0.3 is 0 Å². The minimum absolute atomic E-state index is 0.143. The normalized spacial score (nSPS) is 16.9. The summed E-state index contributed by atoms with van der Waals surface area (Å²) < 4.78 is 25.5. The maximum absolute atomic E-state index is 11.4. The number of hydrogen-bond acceptors (Lipinski definition) is 2. The zero-order chi connectivity index (χ0) is 10.0. The smallest absolute Gasteiger partial charge is 0.212 e. The zero-order valence-electron chi connectivity index (χ0n) is 7.73. The van der Waals surface area contributed by atoms with Crippen LogP contribution in [0.1, 0.15) is 18.4 Å². The molecule has 2 rings (SSSR count). The molecule has 1 aromatic rings. The van der Waals surface area contributed by atoms with Crippen LogP contribution in [-0.2, 0) is 16.6 Å². The Morgan fingerprint density at radius 1 is 1.50 bits per heavy atom. The van der Waals surface area contributed by atoms with Crippen molar-refractivity contribution in [3.63, 3.8) is 0 Å². The summed E-state index contributed by atoms with van der Waals surface area (Å²) in [6.07, 6.45) is 1.60. The Bertz CT molecular complexity index is 395. The van der Waals surface area contributed by atoms with Crippen LogP contribution >= 0.6 is 0 Å². The highest BCUT2D eigenvalue weighted by atomic mass is 32.2. The van der Waals surface area contributed by atoms with Crippen LogP contribution in [-0.4, -0.2) is 13.7 Å². The molecule has 3 nitrogen and oxygen atoms in total. The molecule has 75 valence electrons. The Morgan fingerprint density at radius 2 is 2.29 bits per heavy atom. The monoisotopic (exact) mass is 210 g/mol. The average Bonchev–Trinajstić information content (AvgIpc) is 3.00. The lowest BCUT2D eigenvalue weighted by atomic mass is 10.2. The highest BCUT2D eigenvalue weighted by Crippen LogP contribution is 2.27. The quantitative estimate of drug-likeness (QED) is 0.808. The molecule has 0 atom stereocenters. The molecule has 1 aliphatic carbocycles. The van der Waals surface area contributed by atoms with Gasteiger partial charge in [0.25, 0.3) is 0 Å². The second-order valence-electron chi connectivity index (χ2n) is 3.48. The van der Waals surface area contributed by atoms with Crippen LogP contribution in [0.5, 0.6) is 0 Å².